The van der Waals surface area contributed by atoms with E-state index in [4.69, 9.17) is 14.2 Å². The summed E-state index contributed by atoms with van der Waals surface area (Å²) in [6.45, 7) is 6.22. The molecule has 388 valence electrons. The number of esters is 3. The molecule has 0 spiro atoms. The van der Waals surface area contributed by atoms with Gasteiger partial charge in [-0.3, -0.25) is 14.4 Å². The molecular formula is C64H96O6. The van der Waals surface area contributed by atoms with E-state index in [9.17, 15) is 14.4 Å². The number of unbranched alkanes of at least 4 members (excludes halogenated alkanes) is 13. The second kappa shape index (κ2) is 56.4. The molecular weight excluding hydrogens is 865 g/mol. The van der Waals surface area contributed by atoms with Crippen LogP contribution in [0.3, 0.4) is 0 Å². The van der Waals surface area contributed by atoms with Crippen molar-refractivity contribution in [1.29, 1.82) is 0 Å². The minimum atomic E-state index is -0.847. The number of hydrogen-bond acceptors (Lipinski definition) is 6. The van der Waals surface area contributed by atoms with Crippen LogP contribution in [0.1, 0.15) is 194 Å². The van der Waals surface area contributed by atoms with Gasteiger partial charge in [-0.15, -0.1) is 0 Å². The largest absolute Gasteiger partial charge is 0.462 e. The van der Waals surface area contributed by atoms with E-state index in [1.807, 2.05) is 60.8 Å². The number of carbonyl (C=O) groups is 3. The number of carbonyl (C=O) groups excluding carboxylic acids is 3. The fraction of sp³-hybridized carbons (Fsp3) is 0.516. The monoisotopic (exact) mass is 961 g/mol. The standard InChI is InChI=1S/C64H96O6/c1-4-7-10-13-16-19-22-25-28-30-32-34-36-39-42-45-48-51-54-57-63(66)69-60-61(59-68-62(65)56-53-50-47-44-41-38-35-27-24-21-18-15-12-9-6-3)70-64(67)58-55-52-49-46-43-40-37-33-31-29-26-23-20-17-14-11-8-5-2/h7,9-10,12,15-16,18-19,21,23-29,31-35,37-39,41-42,48,51,61H,4-6,8,11,13-14,17,20,22,30,36,40,43-47,49-50,52-60H2,1-3H3/b10-7-,12-9-,18-15-,19-16-,24-21-,26-23-,28-25-,31-29-,34-32-,35-27-,37-33-,41-38-,42-39-,51-48-. The Kier molecular flexibility index (Phi) is 52.1. The van der Waals surface area contributed by atoms with Gasteiger partial charge in [-0.05, 0) is 103 Å². The van der Waals surface area contributed by atoms with E-state index in [0.29, 0.717) is 12.8 Å². The van der Waals surface area contributed by atoms with Gasteiger partial charge in [-0.2, -0.15) is 0 Å². The molecule has 0 aromatic carbocycles. The minimum Gasteiger partial charge on any atom is -0.462 e. The fourth-order valence-corrected chi connectivity index (χ4v) is 6.61. The van der Waals surface area contributed by atoms with E-state index in [-0.39, 0.29) is 50.4 Å². The molecule has 0 fully saturated rings. The Labute approximate surface area is 428 Å². The smallest absolute Gasteiger partial charge is 0.306 e. The van der Waals surface area contributed by atoms with Gasteiger partial charge in [0, 0.05) is 19.3 Å². The third kappa shape index (κ3) is 53.7. The summed E-state index contributed by atoms with van der Waals surface area (Å²) in [7, 11) is 0. The fourth-order valence-electron chi connectivity index (χ4n) is 6.61. The van der Waals surface area contributed by atoms with Crippen LogP contribution in [0.25, 0.3) is 0 Å². The number of ether oxygens (including phenoxy) is 3. The van der Waals surface area contributed by atoms with Crippen molar-refractivity contribution in [1.82, 2.24) is 0 Å². The maximum absolute atomic E-state index is 12.8. The molecule has 0 bridgehead atoms. The van der Waals surface area contributed by atoms with Crippen molar-refractivity contribution in [2.45, 2.75) is 200 Å². The molecule has 0 aromatic rings. The summed E-state index contributed by atoms with van der Waals surface area (Å²) in [5.41, 5.74) is 0. The summed E-state index contributed by atoms with van der Waals surface area (Å²) in [6, 6.07) is 0. The Morgan fingerprint density at radius 3 is 1.11 bits per heavy atom. The summed E-state index contributed by atoms with van der Waals surface area (Å²) in [5.74, 6) is -1.10. The lowest BCUT2D eigenvalue weighted by molar-refractivity contribution is -0.166. The van der Waals surface area contributed by atoms with Crippen LogP contribution >= 0.6 is 0 Å². The van der Waals surface area contributed by atoms with Gasteiger partial charge >= 0.3 is 17.9 Å². The zero-order valence-corrected chi connectivity index (χ0v) is 44.2. The highest BCUT2D eigenvalue weighted by Gasteiger charge is 2.19. The maximum Gasteiger partial charge on any atom is 0.306 e. The van der Waals surface area contributed by atoms with Crippen LogP contribution in [-0.2, 0) is 28.6 Å². The Balaban J connectivity index is 4.66. The van der Waals surface area contributed by atoms with E-state index < -0.39 is 6.10 Å². The minimum absolute atomic E-state index is 0.141. The summed E-state index contributed by atoms with van der Waals surface area (Å²) >= 11 is 0. The van der Waals surface area contributed by atoms with Gasteiger partial charge in [0.1, 0.15) is 13.2 Å². The van der Waals surface area contributed by atoms with Crippen molar-refractivity contribution >= 4 is 17.9 Å². The van der Waals surface area contributed by atoms with Crippen molar-refractivity contribution < 1.29 is 28.6 Å². The normalized spacial score (nSPS) is 13.5. The molecule has 0 saturated heterocycles. The zero-order valence-electron chi connectivity index (χ0n) is 44.2. The van der Waals surface area contributed by atoms with Gasteiger partial charge in [-0.1, -0.05) is 242 Å². The van der Waals surface area contributed by atoms with Crippen LogP contribution in [-0.4, -0.2) is 37.2 Å². The highest BCUT2D eigenvalue weighted by atomic mass is 16.6. The van der Waals surface area contributed by atoms with Crippen LogP contribution < -0.4 is 0 Å². The Morgan fingerprint density at radius 1 is 0.314 bits per heavy atom. The highest BCUT2D eigenvalue weighted by molar-refractivity contribution is 5.71. The number of hydrogen-bond donors (Lipinski definition) is 0. The second-order valence-electron chi connectivity index (χ2n) is 17.2. The summed E-state index contributed by atoms with van der Waals surface area (Å²) in [4.78, 5) is 38.1. The molecule has 0 rings (SSSR count). The topological polar surface area (TPSA) is 78.9 Å². The first kappa shape index (κ1) is 64.8. The van der Waals surface area contributed by atoms with E-state index in [0.717, 1.165) is 109 Å². The van der Waals surface area contributed by atoms with Crippen molar-refractivity contribution in [2.75, 3.05) is 13.2 Å². The lowest BCUT2D eigenvalue weighted by Crippen LogP contribution is -2.30. The van der Waals surface area contributed by atoms with E-state index in [1.165, 1.54) is 32.1 Å². The molecule has 0 N–H and O–H groups in total. The second-order valence-corrected chi connectivity index (χ2v) is 17.2. The van der Waals surface area contributed by atoms with E-state index >= 15 is 0 Å². The molecule has 0 aromatic heterocycles. The molecule has 0 aliphatic heterocycles. The molecule has 0 saturated carbocycles. The molecule has 0 radical (unpaired) electrons. The van der Waals surface area contributed by atoms with Crippen molar-refractivity contribution in [3.8, 4) is 0 Å². The summed E-state index contributed by atoms with van der Waals surface area (Å²) < 4.78 is 16.7. The van der Waals surface area contributed by atoms with Crippen molar-refractivity contribution in [2.24, 2.45) is 0 Å². The van der Waals surface area contributed by atoms with Gasteiger partial charge in [0.15, 0.2) is 6.10 Å². The molecule has 1 atom stereocenters. The third-order valence-corrected chi connectivity index (χ3v) is 10.6. The van der Waals surface area contributed by atoms with Crippen LogP contribution in [0.4, 0.5) is 0 Å². The van der Waals surface area contributed by atoms with Crippen LogP contribution in [0.2, 0.25) is 0 Å². The van der Waals surface area contributed by atoms with Gasteiger partial charge in [0.25, 0.3) is 0 Å². The lowest BCUT2D eigenvalue weighted by atomic mass is 10.1. The number of rotatable bonds is 46. The Bertz CT molecular complexity index is 1670. The summed E-state index contributed by atoms with van der Waals surface area (Å²) in [6.07, 6.45) is 83.4. The number of allylic oxidation sites excluding steroid dienone is 28. The predicted octanol–water partition coefficient (Wildman–Crippen LogP) is 18.4. The van der Waals surface area contributed by atoms with Gasteiger partial charge in [0.05, 0.1) is 0 Å². The zero-order chi connectivity index (χ0) is 50.7. The molecule has 0 aliphatic carbocycles. The summed E-state index contributed by atoms with van der Waals surface area (Å²) in [5, 5.41) is 0. The molecule has 1 unspecified atom stereocenters. The average Bonchev–Trinajstić information content (AvgIpc) is 3.36. The lowest BCUT2D eigenvalue weighted by Gasteiger charge is -2.18. The van der Waals surface area contributed by atoms with Crippen LogP contribution in [0.5, 0.6) is 0 Å². The first-order valence-electron chi connectivity index (χ1n) is 27.2. The SMILES string of the molecule is CC\C=C/C=C\C=C/C=C\C=C/CCCCCC(=O)OCC(COC(=O)CC/C=C\C/C=C\C/C=C\C/C=C\C/C=C\C/C=C\CC)OC(=O)CCCCCCC\C=C/C=C\C=C/CCCCCCC. The molecule has 0 amide bonds. The van der Waals surface area contributed by atoms with Gasteiger partial charge in [0.2, 0.25) is 0 Å². The first-order valence-corrected chi connectivity index (χ1v) is 27.2. The third-order valence-electron chi connectivity index (χ3n) is 10.6. The van der Waals surface area contributed by atoms with Gasteiger partial charge in [-0.25, -0.2) is 0 Å². The molecule has 0 heterocycles. The van der Waals surface area contributed by atoms with Crippen LogP contribution in [0.15, 0.2) is 170 Å². The molecule has 0 aliphatic rings. The Morgan fingerprint density at radius 2 is 0.657 bits per heavy atom. The predicted molar refractivity (Wildman–Crippen MR) is 301 cm³/mol. The molecule has 6 heteroatoms. The van der Waals surface area contributed by atoms with Gasteiger partial charge < -0.3 is 14.2 Å². The quantitative estimate of drug-likeness (QED) is 0.0199. The maximum atomic E-state index is 12.8. The first-order chi connectivity index (χ1) is 34.5. The molecule has 70 heavy (non-hydrogen) atoms. The van der Waals surface area contributed by atoms with E-state index in [1.54, 1.807) is 0 Å². The van der Waals surface area contributed by atoms with Crippen molar-refractivity contribution in [3.05, 3.63) is 170 Å². The highest BCUT2D eigenvalue weighted by Crippen LogP contribution is 2.12. The van der Waals surface area contributed by atoms with Crippen molar-refractivity contribution in [3.63, 3.8) is 0 Å². The Hall–Kier alpha value is -5.23. The average molecular weight is 961 g/mol. The molecule has 6 nitrogen and oxygen atoms in total. The van der Waals surface area contributed by atoms with E-state index in [2.05, 4.69) is 130 Å². The van der Waals surface area contributed by atoms with Crippen LogP contribution in [0, 0.1) is 0 Å².